The number of Topliss-reactive ketones (excluding diaryl/α,β-unsaturated/α-hetero) is 1. The molecule has 7 heteroatoms. The Morgan fingerprint density at radius 1 is 0.933 bits per heavy atom. The molecule has 0 aliphatic rings. The summed E-state index contributed by atoms with van der Waals surface area (Å²) in [5.41, 5.74) is 1.24. The maximum absolute atomic E-state index is 13.2. The van der Waals surface area contributed by atoms with Gasteiger partial charge < -0.3 is 0 Å². The third-order valence-corrected chi connectivity index (χ3v) is 5.17. The van der Waals surface area contributed by atoms with Crippen molar-refractivity contribution in [1.82, 2.24) is 14.6 Å². The molecule has 4 nitrogen and oxygen atoms in total. The highest BCUT2D eigenvalue weighted by molar-refractivity contribution is 6.03. The highest BCUT2D eigenvalue weighted by atomic mass is 19.4. The van der Waals surface area contributed by atoms with Crippen molar-refractivity contribution in [3.05, 3.63) is 89.9 Å². The molecular formula is C23H18F3N3O. The summed E-state index contributed by atoms with van der Waals surface area (Å²) in [5, 5.41) is 4.39. The first-order valence-electron chi connectivity index (χ1n) is 9.30. The van der Waals surface area contributed by atoms with Crippen molar-refractivity contribution in [2.45, 2.75) is 25.4 Å². The Labute approximate surface area is 171 Å². The normalized spacial score (nSPS) is 12.3. The van der Waals surface area contributed by atoms with Gasteiger partial charge in [0, 0.05) is 17.3 Å². The van der Waals surface area contributed by atoms with E-state index in [0.29, 0.717) is 28.0 Å². The van der Waals surface area contributed by atoms with Crippen LogP contribution in [-0.4, -0.2) is 20.4 Å². The average Bonchev–Trinajstić information content (AvgIpc) is 3.17. The predicted octanol–water partition coefficient (Wildman–Crippen LogP) is 5.58. The first-order chi connectivity index (χ1) is 14.2. The van der Waals surface area contributed by atoms with Crippen LogP contribution in [0.5, 0.6) is 0 Å². The first kappa shape index (κ1) is 19.8. The second-order valence-corrected chi connectivity index (χ2v) is 7.52. The quantitative estimate of drug-likeness (QED) is 0.414. The van der Waals surface area contributed by atoms with Crippen LogP contribution in [0.15, 0.2) is 73.1 Å². The molecule has 0 saturated carbocycles. The van der Waals surface area contributed by atoms with Crippen LogP contribution in [0, 0.1) is 0 Å². The number of nitrogens with zero attached hydrogens (tertiary/aromatic N) is 3. The van der Waals surface area contributed by atoms with Gasteiger partial charge in [-0.3, -0.25) is 4.79 Å². The number of hydrogen-bond acceptors (Lipinski definition) is 3. The van der Waals surface area contributed by atoms with Crippen molar-refractivity contribution >= 4 is 11.4 Å². The minimum absolute atomic E-state index is 0.0674. The van der Waals surface area contributed by atoms with Crippen molar-refractivity contribution in [1.29, 1.82) is 0 Å². The standard InChI is InChI=1S/C23H18F3N3O/c1-22(2,20(30)16-6-4-3-5-7-16)19-12-13-27-21-18(14-28-29(19)21)15-8-10-17(11-9-15)23(24,25)26/h3-14H,1-2H3. The molecular weight excluding hydrogens is 391 g/mol. The molecule has 0 atom stereocenters. The van der Waals surface area contributed by atoms with Gasteiger partial charge in [-0.05, 0) is 37.6 Å². The van der Waals surface area contributed by atoms with E-state index in [1.165, 1.54) is 12.1 Å². The molecule has 0 fully saturated rings. The summed E-state index contributed by atoms with van der Waals surface area (Å²) < 4.78 is 40.1. The smallest absolute Gasteiger partial charge is 0.293 e. The molecule has 0 unspecified atom stereocenters. The molecule has 2 heterocycles. The Morgan fingerprint density at radius 3 is 2.23 bits per heavy atom. The number of fused-ring (bicyclic) bond motifs is 1. The van der Waals surface area contributed by atoms with Crippen molar-refractivity contribution in [2.75, 3.05) is 0 Å². The van der Waals surface area contributed by atoms with E-state index in [1.807, 2.05) is 32.0 Å². The second kappa shape index (κ2) is 7.09. The lowest BCUT2D eigenvalue weighted by molar-refractivity contribution is -0.137. The van der Waals surface area contributed by atoms with Gasteiger partial charge in [-0.1, -0.05) is 42.5 Å². The van der Waals surface area contributed by atoms with E-state index in [-0.39, 0.29) is 5.78 Å². The van der Waals surface area contributed by atoms with E-state index in [4.69, 9.17) is 0 Å². The van der Waals surface area contributed by atoms with E-state index < -0.39 is 17.2 Å². The summed E-state index contributed by atoms with van der Waals surface area (Å²) in [5.74, 6) is -0.0674. The minimum Gasteiger partial charge on any atom is -0.293 e. The Morgan fingerprint density at radius 2 is 1.60 bits per heavy atom. The summed E-state index contributed by atoms with van der Waals surface area (Å²) in [6.45, 7) is 3.63. The van der Waals surface area contributed by atoms with Crippen LogP contribution in [0.4, 0.5) is 13.2 Å². The third kappa shape index (κ3) is 3.36. The van der Waals surface area contributed by atoms with Crippen LogP contribution in [0.3, 0.4) is 0 Å². The van der Waals surface area contributed by atoms with Crippen LogP contribution in [0.1, 0.15) is 35.5 Å². The molecule has 0 radical (unpaired) electrons. The minimum atomic E-state index is -4.40. The van der Waals surface area contributed by atoms with Gasteiger partial charge in [-0.25, -0.2) is 9.50 Å². The molecule has 0 amide bonds. The summed E-state index contributed by atoms with van der Waals surface area (Å²) >= 11 is 0. The maximum atomic E-state index is 13.2. The molecule has 2 aromatic carbocycles. The largest absolute Gasteiger partial charge is 0.416 e. The Bertz CT molecular complexity index is 1210. The van der Waals surface area contributed by atoms with E-state index in [0.717, 1.165) is 12.1 Å². The van der Waals surface area contributed by atoms with Crippen LogP contribution in [0.25, 0.3) is 16.8 Å². The molecule has 0 aliphatic carbocycles. The van der Waals surface area contributed by atoms with Gasteiger partial charge in [0.1, 0.15) is 0 Å². The zero-order chi connectivity index (χ0) is 21.5. The molecule has 0 aliphatic heterocycles. The fourth-order valence-electron chi connectivity index (χ4n) is 3.47. The van der Waals surface area contributed by atoms with E-state index in [9.17, 15) is 18.0 Å². The van der Waals surface area contributed by atoms with Gasteiger partial charge in [0.2, 0.25) is 0 Å². The lowest BCUT2D eigenvalue weighted by Gasteiger charge is -2.24. The van der Waals surface area contributed by atoms with E-state index in [1.54, 1.807) is 35.1 Å². The fourth-order valence-corrected chi connectivity index (χ4v) is 3.47. The van der Waals surface area contributed by atoms with E-state index in [2.05, 4.69) is 10.1 Å². The third-order valence-electron chi connectivity index (χ3n) is 5.17. The molecule has 4 rings (SSSR count). The topological polar surface area (TPSA) is 47.3 Å². The number of rotatable bonds is 4. The summed E-state index contributed by atoms with van der Waals surface area (Å²) in [6, 6.07) is 15.6. The molecule has 4 aromatic rings. The van der Waals surface area contributed by atoms with Gasteiger partial charge in [-0.2, -0.15) is 18.3 Å². The Hall–Kier alpha value is -3.48. The van der Waals surface area contributed by atoms with Crippen LogP contribution >= 0.6 is 0 Å². The number of carbonyl (C=O) groups is 1. The van der Waals surface area contributed by atoms with Crippen LogP contribution in [-0.2, 0) is 11.6 Å². The molecule has 152 valence electrons. The zero-order valence-corrected chi connectivity index (χ0v) is 16.3. The van der Waals surface area contributed by atoms with E-state index >= 15 is 0 Å². The second-order valence-electron chi connectivity index (χ2n) is 7.52. The lowest BCUT2D eigenvalue weighted by Crippen LogP contribution is -2.31. The van der Waals surface area contributed by atoms with Gasteiger partial charge in [0.15, 0.2) is 11.4 Å². The van der Waals surface area contributed by atoms with Crippen LogP contribution in [0.2, 0.25) is 0 Å². The number of hydrogen-bond donors (Lipinski definition) is 0. The number of benzene rings is 2. The van der Waals surface area contributed by atoms with Gasteiger partial charge >= 0.3 is 6.18 Å². The number of carbonyl (C=O) groups excluding carboxylic acids is 1. The molecule has 2 aromatic heterocycles. The van der Waals surface area contributed by atoms with Crippen molar-refractivity contribution in [2.24, 2.45) is 0 Å². The number of halogens is 3. The summed E-state index contributed by atoms with van der Waals surface area (Å²) in [4.78, 5) is 17.5. The van der Waals surface area contributed by atoms with Crippen LogP contribution < -0.4 is 0 Å². The van der Waals surface area contributed by atoms with Crippen molar-refractivity contribution in [3.8, 4) is 11.1 Å². The van der Waals surface area contributed by atoms with Crippen molar-refractivity contribution in [3.63, 3.8) is 0 Å². The molecule has 30 heavy (non-hydrogen) atoms. The highest BCUT2D eigenvalue weighted by Crippen LogP contribution is 2.33. The SMILES string of the molecule is CC(C)(C(=O)c1ccccc1)c1ccnc2c(-c3ccc(C(F)(F)F)cc3)cnn12. The highest BCUT2D eigenvalue weighted by Gasteiger charge is 2.34. The Kier molecular flexibility index (Phi) is 4.68. The van der Waals surface area contributed by atoms with Gasteiger partial charge in [0.25, 0.3) is 0 Å². The molecule has 0 spiro atoms. The monoisotopic (exact) mass is 409 g/mol. The van der Waals surface area contributed by atoms with Gasteiger partial charge in [-0.15, -0.1) is 0 Å². The molecule has 0 saturated heterocycles. The van der Waals surface area contributed by atoms with Gasteiger partial charge in [0.05, 0.1) is 22.9 Å². The number of alkyl halides is 3. The average molecular weight is 409 g/mol. The summed E-state index contributed by atoms with van der Waals surface area (Å²) in [6.07, 6.45) is -1.26. The first-order valence-corrected chi connectivity index (χ1v) is 9.30. The lowest BCUT2D eigenvalue weighted by atomic mass is 9.81. The number of aromatic nitrogens is 3. The summed E-state index contributed by atoms with van der Waals surface area (Å²) in [7, 11) is 0. The number of ketones is 1. The maximum Gasteiger partial charge on any atom is 0.416 e. The fraction of sp³-hybridized carbons (Fsp3) is 0.174. The zero-order valence-electron chi connectivity index (χ0n) is 16.3. The molecule has 0 bridgehead atoms. The van der Waals surface area contributed by atoms with Crippen molar-refractivity contribution < 1.29 is 18.0 Å². The predicted molar refractivity (Wildman–Crippen MR) is 107 cm³/mol. The Balaban J connectivity index is 1.78. The molecule has 0 N–H and O–H groups in total.